The van der Waals surface area contributed by atoms with E-state index < -0.39 is 11.9 Å². The summed E-state index contributed by atoms with van der Waals surface area (Å²) < 4.78 is 30.3. The number of carbonyl (C=O) groups is 2. The van der Waals surface area contributed by atoms with Gasteiger partial charge in [0.1, 0.15) is 13.2 Å². The van der Waals surface area contributed by atoms with Crippen LogP contribution in [0.2, 0.25) is 0 Å². The molecule has 0 aromatic carbocycles. The van der Waals surface area contributed by atoms with Crippen LogP contribution in [0.1, 0.15) is 19.3 Å². The summed E-state index contributed by atoms with van der Waals surface area (Å²) in [5.74, 6) is -0.789. The first-order valence-corrected chi connectivity index (χ1v) is 9.04. The lowest BCUT2D eigenvalue weighted by atomic mass is 10.2. The van der Waals surface area contributed by atoms with Gasteiger partial charge in [0.05, 0.1) is 66.1 Å². The standard InChI is InChI=1S/C17H32O10/c18-4-6-22-8-10-24-12-14-26-16(20)2-1-3-17(21)27-15-13-25-11-9-23-7-5-19/h18-19H,1-15H2. The third-order valence-corrected chi connectivity index (χ3v) is 2.96. The molecule has 160 valence electrons. The van der Waals surface area contributed by atoms with Crippen molar-refractivity contribution in [3.05, 3.63) is 0 Å². The molecular formula is C17H32O10. The fraction of sp³-hybridized carbons (Fsp3) is 0.882. The van der Waals surface area contributed by atoms with Crippen LogP contribution in [-0.4, -0.2) is 101 Å². The zero-order valence-corrected chi connectivity index (χ0v) is 15.8. The molecule has 0 aliphatic heterocycles. The first kappa shape index (κ1) is 25.7. The number of rotatable bonds is 20. The van der Waals surface area contributed by atoms with E-state index in [9.17, 15) is 9.59 Å². The van der Waals surface area contributed by atoms with E-state index in [4.69, 9.17) is 38.6 Å². The van der Waals surface area contributed by atoms with Crippen LogP contribution in [0.4, 0.5) is 0 Å². The lowest BCUT2D eigenvalue weighted by Gasteiger charge is -2.07. The van der Waals surface area contributed by atoms with Crippen molar-refractivity contribution < 1.29 is 48.2 Å². The minimum Gasteiger partial charge on any atom is -0.463 e. The van der Waals surface area contributed by atoms with Crippen LogP contribution in [0.25, 0.3) is 0 Å². The number of aliphatic hydroxyl groups excluding tert-OH is 2. The Morgan fingerprint density at radius 1 is 0.519 bits per heavy atom. The first-order chi connectivity index (χ1) is 13.2. The van der Waals surface area contributed by atoms with Gasteiger partial charge in [-0.05, 0) is 6.42 Å². The molecule has 0 aliphatic rings. The summed E-state index contributed by atoms with van der Waals surface area (Å²) in [6, 6.07) is 0. The van der Waals surface area contributed by atoms with Crippen LogP contribution in [-0.2, 0) is 38.0 Å². The van der Waals surface area contributed by atoms with Crippen molar-refractivity contribution in [3.8, 4) is 0 Å². The SMILES string of the molecule is O=C(CCCC(=O)OCCOCCOCCO)OCCOCCOCCO. The molecule has 0 unspecified atom stereocenters. The molecular weight excluding hydrogens is 364 g/mol. The second kappa shape index (κ2) is 21.0. The van der Waals surface area contributed by atoms with E-state index in [0.717, 1.165) is 0 Å². The summed E-state index contributed by atoms with van der Waals surface area (Å²) in [4.78, 5) is 23.0. The molecule has 0 saturated carbocycles. The zero-order chi connectivity index (χ0) is 20.0. The number of carbonyl (C=O) groups excluding carboxylic acids is 2. The second-order valence-corrected chi connectivity index (χ2v) is 5.19. The molecule has 0 atom stereocenters. The van der Waals surface area contributed by atoms with Crippen LogP contribution in [0, 0.1) is 0 Å². The predicted octanol–water partition coefficient (Wildman–Crippen LogP) is -0.706. The maximum Gasteiger partial charge on any atom is 0.305 e. The molecule has 0 bridgehead atoms. The molecule has 2 N–H and O–H groups in total. The Balaban J connectivity index is 3.31. The maximum atomic E-state index is 11.5. The smallest absolute Gasteiger partial charge is 0.305 e. The third-order valence-electron chi connectivity index (χ3n) is 2.96. The minimum absolute atomic E-state index is 0.0273. The largest absolute Gasteiger partial charge is 0.463 e. The predicted molar refractivity (Wildman–Crippen MR) is 93.2 cm³/mol. The quantitative estimate of drug-likeness (QED) is 0.201. The van der Waals surface area contributed by atoms with E-state index in [1.54, 1.807) is 0 Å². The molecule has 0 amide bonds. The summed E-state index contributed by atoms with van der Waals surface area (Å²) in [7, 11) is 0. The highest BCUT2D eigenvalue weighted by atomic mass is 16.6. The van der Waals surface area contributed by atoms with Crippen LogP contribution in [0.5, 0.6) is 0 Å². The molecule has 0 fully saturated rings. The Labute approximate surface area is 159 Å². The van der Waals surface area contributed by atoms with Crippen LogP contribution < -0.4 is 0 Å². The van der Waals surface area contributed by atoms with Crippen LogP contribution in [0.15, 0.2) is 0 Å². The van der Waals surface area contributed by atoms with E-state index in [2.05, 4.69) is 0 Å². The van der Waals surface area contributed by atoms with Gasteiger partial charge in [-0.15, -0.1) is 0 Å². The molecule has 0 aromatic heterocycles. The van der Waals surface area contributed by atoms with E-state index in [1.165, 1.54) is 0 Å². The van der Waals surface area contributed by atoms with Gasteiger partial charge < -0.3 is 38.6 Å². The molecule has 10 heteroatoms. The highest BCUT2D eigenvalue weighted by molar-refractivity contribution is 5.72. The van der Waals surface area contributed by atoms with E-state index in [0.29, 0.717) is 32.8 Å². The Bertz CT molecular complexity index is 319. The number of hydrogen-bond acceptors (Lipinski definition) is 10. The van der Waals surface area contributed by atoms with Crippen molar-refractivity contribution in [1.29, 1.82) is 0 Å². The average molecular weight is 396 g/mol. The van der Waals surface area contributed by atoms with Gasteiger partial charge in [-0.2, -0.15) is 0 Å². The number of aliphatic hydroxyl groups is 2. The van der Waals surface area contributed by atoms with Gasteiger partial charge in [-0.1, -0.05) is 0 Å². The molecule has 0 radical (unpaired) electrons. The Morgan fingerprint density at radius 2 is 0.852 bits per heavy atom. The fourth-order valence-electron chi connectivity index (χ4n) is 1.72. The zero-order valence-electron chi connectivity index (χ0n) is 15.8. The van der Waals surface area contributed by atoms with E-state index >= 15 is 0 Å². The van der Waals surface area contributed by atoms with Crippen LogP contribution in [0.3, 0.4) is 0 Å². The number of hydrogen-bond donors (Lipinski definition) is 2. The molecule has 0 spiro atoms. The average Bonchev–Trinajstić information content (AvgIpc) is 2.66. The summed E-state index contributed by atoms with van der Waals surface area (Å²) in [6.07, 6.45) is 0.615. The number of esters is 2. The molecule has 0 aromatic rings. The fourth-order valence-corrected chi connectivity index (χ4v) is 1.72. The Hall–Kier alpha value is -1.30. The van der Waals surface area contributed by atoms with Crippen molar-refractivity contribution in [2.45, 2.75) is 19.3 Å². The van der Waals surface area contributed by atoms with Crippen LogP contribution >= 0.6 is 0 Å². The first-order valence-electron chi connectivity index (χ1n) is 9.04. The number of ether oxygens (including phenoxy) is 6. The van der Waals surface area contributed by atoms with Crippen molar-refractivity contribution in [2.24, 2.45) is 0 Å². The third kappa shape index (κ3) is 20.9. The summed E-state index contributed by atoms with van der Waals surface area (Å²) in [5, 5.41) is 17.0. The van der Waals surface area contributed by atoms with Gasteiger partial charge in [0.2, 0.25) is 0 Å². The van der Waals surface area contributed by atoms with Gasteiger partial charge >= 0.3 is 11.9 Å². The molecule has 10 nitrogen and oxygen atoms in total. The van der Waals surface area contributed by atoms with Gasteiger partial charge in [0.15, 0.2) is 0 Å². The summed E-state index contributed by atoms with van der Waals surface area (Å²) in [6.45, 7) is 2.78. The Kier molecular flexibility index (Phi) is 20.0. The van der Waals surface area contributed by atoms with Gasteiger partial charge in [-0.25, -0.2) is 0 Å². The Morgan fingerprint density at radius 3 is 1.22 bits per heavy atom. The summed E-state index contributed by atoms with van der Waals surface area (Å²) in [5.41, 5.74) is 0. The lowest BCUT2D eigenvalue weighted by Crippen LogP contribution is -2.15. The lowest BCUT2D eigenvalue weighted by molar-refractivity contribution is -0.147. The van der Waals surface area contributed by atoms with Gasteiger partial charge in [-0.3, -0.25) is 9.59 Å². The molecule has 27 heavy (non-hydrogen) atoms. The van der Waals surface area contributed by atoms with Crippen molar-refractivity contribution in [2.75, 3.05) is 79.3 Å². The molecule has 0 aliphatic carbocycles. The van der Waals surface area contributed by atoms with E-state index in [1.807, 2.05) is 0 Å². The highest BCUT2D eigenvalue weighted by Crippen LogP contribution is 2.00. The normalized spacial score (nSPS) is 10.7. The highest BCUT2D eigenvalue weighted by Gasteiger charge is 2.07. The minimum atomic E-state index is -0.394. The summed E-state index contributed by atoms with van der Waals surface area (Å²) >= 11 is 0. The van der Waals surface area contributed by atoms with Gasteiger partial charge in [0, 0.05) is 12.8 Å². The topological polar surface area (TPSA) is 130 Å². The van der Waals surface area contributed by atoms with Gasteiger partial charge in [0.25, 0.3) is 0 Å². The molecule has 0 heterocycles. The van der Waals surface area contributed by atoms with Crippen molar-refractivity contribution in [3.63, 3.8) is 0 Å². The second-order valence-electron chi connectivity index (χ2n) is 5.19. The molecule has 0 rings (SSSR count). The van der Waals surface area contributed by atoms with Crippen molar-refractivity contribution in [1.82, 2.24) is 0 Å². The van der Waals surface area contributed by atoms with Crippen molar-refractivity contribution >= 4 is 11.9 Å². The maximum absolute atomic E-state index is 11.5. The van der Waals surface area contributed by atoms with E-state index in [-0.39, 0.29) is 65.7 Å². The monoisotopic (exact) mass is 396 g/mol. The molecule has 0 saturated heterocycles.